The van der Waals surface area contributed by atoms with Crippen LogP contribution in [0.2, 0.25) is 0 Å². The third-order valence-corrected chi connectivity index (χ3v) is 1.99. The summed E-state index contributed by atoms with van der Waals surface area (Å²) < 4.78 is 21.8. The van der Waals surface area contributed by atoms with E-state index in [1.54, 1.807) is 12.4 Å². The van der Waals surface area contributed by atoms with Crippen LogP contribution in [0.4, 0.5) is 0 Å². The minimum absolute atomic E-state index is 0.329. The second kappa shape index (κ2) is 4.66. The lowest BCUT2D eigenvalue weighted by Gasteiger charge is -1.99. The van der Waals surface area contributed by atoms with Crippen LogP contribution in [0.1, 0.15) is 5.56 Å². The fourth-order valence-corrected chi connectivity index (χ4v) is 1.40. The zero-order chi connectivity index (χ0) is 8.97. The number of nitrogens with zero attached hydrogens (tertiary/aromatic N) is 1. The largest absolute Gasteiger partial charge is 0.294 e. The van der Waals surface area contributed by atoms with E-state index in [0.717, 1.165) is 10.0 Å². The van der Waals surface area contributed by atoms with Gasteiger partial charge in [0, 0.05) is 23.4 Å². The highest BCUT2D eigenvalue weighted by atomic mass is 79.9. The number of aromatic nitrogens is 1. The van der Waals surface area contributed by atoms with Gasteiger partial charge in [0.15, 0.2) is 0 Å². The molecular formula is C6H7BrN2O2S. The summed E-state index contributed by atoms with van der Waals surface area (Å²) in [6.07, 6.45) is 3.28. The van der Waals surface area contributed by atoms with E-state index in [1.165, 1.54) is 0 Å². The fraction of sp³-hybridized carbons (Fsp3) is 0.167. The molecule has 1 aromatic heterocycles. The standard InChI is InChI=1S/C6H7BrN2O2S/c7-6-1-5(2-8-4-6)3-9-12(10)11/h1-2,4,9H,3H2,(H,10,11). The summed E-state index contributed by atoms with van der Waals surface area (Å²) >= 11 is 1.27. The van der Waals surface area contributed by atoms with Gasteiger partial charge in [0.25, 0.3) is 0 Å². The molecule has 0 radical (unpaired) electrons. The molecule has 0 aliphatic carbocycles. The SMILES string of the molecule is O=S(O)NCc1cncc(Br)c1. The molecule has 0 saturated heterocycles. The van der Waals surface area contributed by atoms with E-state index in [-0.39, 0.29) is 0 Å². The molecule has 2 N–H and O–H groups in total. The van der Waals surface area contributed by atoms with Crippen LogP contribution in [-0.2, 0) is 17.8 Å². The highest BCUT2D eigenvalue weighted by Crippen LogP contribution is 2.08. The zero-order valence-electron chi connectivity index (χ0n) is 6.03. The van der Waals surface area contributed by atoms with E-state index in [0.29, 0.717) is 6.54 Å². The van der Waals surface area contributed by atoms with Crippen molar-refractivity contribution < 1.29 is 8.76 Å². The second-order valence-corrected chi connectivity index (χ2v) is 3.78. The van der Waals surface area contributed by atoms with E-state index < -0.39 is 11.3 Å². The van der Waals surface area contributed by atoms with Gasteiger partial charge in [-0.25, -0.2) is 8.93 Å². The highest BCUT2D eigenvalue weighted by Gasteiger charge is 1.96. The molecule has 1 rings (SSSR count). The smallest absolute Gasteiger partial charge is 0.232 e. The summed E-state index contributed by atoms with van der Waals surface area (Å²) in [5.74, 6) is 0. The summed E-state index contributed by atoms with van der Waals surface area (Å²) in [5.41, 5.74) is 0.853. The van der Waals surface area contributed by atoms with Gasteiger partial charge >= 0.3 is 0 Å². The Balaban J connectivity index is 2.57. The molecule has 0 aliphatic rings. The second-order valence-electron chi connectivity index (χ2n) is 2.08. The molecule has 12 heavy (non-hydrogen) atoms. The number of halogens is 1. The van der Waals surface area contributed by atoms with Gasteiger partial charge in [0.2, 0.25) is 11.3 Å². The Hall–Kier alpha value is -0.300. The van der Waals surface area contributed by atoms with Gasteiger partial charge in [-0.2, -0.15) is 0 Å². The Morgan fingerprint density at radius 1 is 1.67 bits per heavy atom. The zero-order valence-corrected chi connectivity index (χ0v) is 8.43. The normalized spacial score (nSPS) is 12.8. The van der Waals surface area contributed by atoms with Crippen molar-refractivity contribution in [3.05, 3.63) is 28.5 Å². The minimum atomic E-state index is -1.97. The quantitative estimate of drug-likeness (QED) is 0.790. The maximum Gasteiger partial charge on any atom is 0.232 e. The van der Waals surface area contributed by atoms with Crippen LogP contribution in [0.5, 0.6) is 0 Å². The van der Waals surface area contributed by atoms with Gasteiger partial charge in [0.05, 0.1) is 0 Å². The molecule has 0 spiro atoms. The third kappa shape index (κ3) is 3.40. The van der Waals surface area contributed by atoms with Crippen molar-refractivity contribution in [3.63, 3.8) is 0 Å². The number of hydrogen-bond acceptors (Lipinski definition) is 2. The molecular weight excluding hydrogens is 244 g/mol. The molecule has 0 aliphatic heterocycles. The van der Waals surface area contributed by atoms with Gasteiger partial charge in [-0.05, 0) is 27.6 Å². The van der Waals surface area contributed by atoms with Crippen LogP contribution in [0.15, 0.2) is 22.9 Å². The average Bonchev–Trinajstić information content (AvgIpc) is 2.01. The maximum atomic E-state index is 10.2. The fourth-order valence-electron chi connectivity index (χ4n) is 0.698. The molecule has 66 valence electrons. The van der Waals surface area contributed by atoms with Gasteiger partial charge in [0.1, 0.15) is 0 Å². The van der Waals surface area contributed by atoms with Crippen molar-refractivity contribution in [3.8, 4) is 0 Å². The van der Waals surface area contributed by atoms with E-state index in [9.17, 15) is 4.21 Å². The van der Waals surface area contributed by atoms with Crippen LogP contribution in [-0.4, -0.2) is 13.7 Å². The van der Waals surface area contributed by atoms with Crippen molar-refractivity contribution in [1.82, 2.24) is 9.71 Å². The van der Waals surface area contributed by atoms with Crippen LogP contribution < -0.4 is 4.72 Å². The van der Waals surface area contributed by atoms with Gasteiger partial charge in [-0.3, -0.25) is 9.54 Å². The molecule has 0 fully saturated rings. The molecule has 1 heterocycles. The van der Waals surface area contributed by atoms with Crippen LogP contribution >= 0.6 is 15.9 Å². The van der Waals surface area contributed by atoms with E-state index in [1.807, 2.05) is 6.07 Å². The van der Waals surface area contributed by atoms with Gasteiger partial charge in [-0.1, -0.05) is 0 Å². The predicted molar refractivity (Wildman–Crippen MR) is 49.5 cm³/mol. The third-order valence-electron chi connectivity index (χ3n) is 1.16. The predicted octanol–water partition coefficient (Wildman–Crippen LogP) is 1.07. The average molecular weight is 251 g/mol. The molecule has 1 aromatic rings. The summed E-state index contributed by atoms with van der Waals surface area (Å²) in [6, 6.07) is 1.83. The first-order chi connectivity index (χ1) is 5.68. The van der Waals surface area contributed by atoms with Crippen LogP contribution in [0.25, 0.3) is 0 Å². The summed E-state index contributed by atoms with van der Waals surface area (Å²) in [6.45, 7) is 0.329. The Kier molecular flexibility index (Phi) is 3.80. The molecule has 0 bridgehead atoms. The number of hydrogen-bond donors (Lipinski definition) is 2. The Morgan fingerprint density at radius 3 is 3.00 bits per heavy atom. The lowest BCUT2D eigenvalue weighted by atomic mass is 10.3. The van der Waals surface area contributed by atoms with Crippen molar-refractivity contribution in [2.45, 2.75) is 6.54 Å². The first-order valence-corrected chi connectivity index (χ1v) is 5.02. The summed E-state index contributed by atoms with van der Waals surface area (Å²) in [4.78, 5) is 3.89. The molecule has 0 amide bonds. The molecule has 1 atom stereocenters. The number of rotatable bonds is 3. The Morgan fingerprint density at radius 2 is 2.42 bits per heavy atom. The monoisotopic (exact) mass is 250 g/mol. The summed E-state index contributed by atoms with van der Waals surface area (Å²) in [5, 5.41) is 0. The lowest BCUT2D eigenvalue weighted by molar-refractivity contribution is 0.548. The first kappa shape index (κ1) is 9.79. The van der Waals surface area contributed by atoms with Gasteiger partial charge < -0.3 is 0 Å². The van der Waals surface area contributed by atoms with Crippen molar-refractivity contribution in [2.75, 3.05) is 0 Å². The molecule has 0 aromatic carbocycles. The van der Waals surface area contributed by atoms with E-state index in [2.05, 4.69) is 25.6 Å². The first-order valence-electron chi connectivity index (χ1n) is 3.12. The topological polar surface area (TPSA) is 62.2 Å². The molecule has 4 nitrogen and oxygen atoms in total. The van der Waals surface area contributed by atoms with Gasteiger partial charge in [-0.15, -0.1) is 0 Å². The molecule has 0 saturated carbocycles. The van der Waals surface area contributed by atoms with E-state index in [4.69, 9.17) is 4.55 Å². The van der Waals surface area contributed by atoms with Crippen molar-refractivity contribution in [2.24, 2.45) is 0 Å². The van der Waals surface area contributed by atoms with Crippen LogP contribution in [0, 0.1) is 0 Å². The highest BCUT2D eigenvalue weighted by molar-refractivity contribution is 9.10. The van der Waals surface area contributed by atoms with Crippen molar-refractivity contribution >= 4 is 27.2 Å². The molecule has 1 unspecified atom stereocenters. The minimum Gasteiger partial charge on any atom is -0.294 e. The number of pyridine rings is 1. The van der Waals surface area contributed by atoms with Crippen LogP contribution in [0.3, 0.4) is 0 Å². The Labute approximate surface area is 80.9 Å². The maximum absolute atomic E-state index is 10.2. The summed E-state index contributed by atoms with van der Waals surface area (Å²) in [7, 11) is 0. The van der Waals surface area contributed by atoms with Crippen molar-refractivity contribution in [1.29, 1.82) is 0 Å². The molecule has 6 heteroatoms. The van der Waals surface area contributed by atoms with E-state index >= 15 is 0 Å². The lowest BCUT2D eigenvalue weighted by Crippen LogP contribution is -2.15. The Bertz CT molecular complexity index is 295. The number of nitrogens with one attached hydrogen (secondary N) is 1.